The van der Waals surface area contributed by atoms with Crippen molar-refractivity contribution in [2.24, 2.45) is 0 Å². The topological polar surface area (TPSA) is 75.7 Å². The predicted octanol–water partition coefficient (Wildman–Crippen LogP) is 1.96. The van der Waals surface area contributed by atoms with E-state index >= 15 is 0 Å². The molecule has 8 heteroatoms. The van der Waals surface area contributed by atoms with Gasteiger partial charge in [0.25, 0.3) is 0 Å². The lowest BCUT2D eigenvalue weighted by Crippen LogP contribution is -2.41. The van der Waals surface area contributed by atoms with Gasteiger partial charge in [-0.05, 0) is 18.6 Å². The number of halogens is 1. The van der Waals surface area contributed by atoms with E-state index in [1.54, 1.807) is 24.3 Å². The third kappa shape index (κ3) is 4.96. The number of hydrogen-bond acceptors (Lipinski definition) is 5. The maximum atomic E-state index is 12.3. The molecule has 2 rings (SSSR count). The normalized spacial score (nSPS) is 19.2. The van der Waals surface area contributed by atoms with E-state index in [0.717, 1.165) is 0 Å². The second-order valence-corrected chi connectivity index (χ2v) is 8.31. The van der Waals surface area contributed by atoms with Crippen LogP contribution in [0.4, 0.5) is 5.69 Å². The van der Waals surface area contributed by atoms with Crippen molar-refractivity contribution in [3.05, 3.63) is 35.9 Å². The van der Waals surface area contributed by atoms with Crippen LogP contribution in [0.2, 0.25) is 5.02 Å². The van der Waals surface area contributed by atoms with Gasteiger partial charge in [-0.15, -0.1) is 6.58 Å². The zero-order valence-corrected chi connectivity index (χ0v) is 15.1. The molecule has 0 aliphatic carbocycles. The van der Waals surface area contributed by atoms with Gasteiger partial charge in [0.1, 0.15) is 5.75 Å². The smallest absolute Gasteiger partial charge is 0.238 e. The van der Waals surface area contributed by atoms with Crippen molar-refractivity contribution < 1.29 is 17.9 Å². The molecule has 0 unspecified atom stereocenters. The van der Waals surface area contributed by atoms with E-state index in [1.807, 2.05) is 4.90 Å². The molecule has 6 nitrogen and oxygen atoms in total. The maximum Gasteiger partial charge on any atom is 0.238 e. The van der Waals surface area contributed by atoms with Crippen molar-refractivity contribution >= 4 is 33.0 Å². The minimum absolute atomic E-state index is 0.0862. The Morgan fingerprint density at radius 3 is 2.88 bits per heavy atom. The number of rotatable bonds is 7. The van der Waals surface area contributed by atoms with Crippen LogP contribution in [-0.4, -0.2) is 57.0 Å². The molecule has 1 amide bonds. The summed E-state index contributed by atoms with van der Waals surface area (Å²) in [6, 6.07) is 4.80. The van der Waals surface area contributed by atoms with Crippen LogP contribution in [-0.2, 0) is 14.6 Å². The number of carbonyl (C=O) groups excluding carboxylic acids is 1. The van der Waals surface area contributed by atoms with Crippen molar-refractivity contribution in [2.45, 2.75) is 12.5 Å². The van der Waals surface area contributed by atoms with Gasteiger partial charge in [0.2, 0.25) is 5.91 Å². The summed E-state index contributed by atoms with van der Waals surface area (Å²) in [7, 11) is -1.51. The zero-order chi connectivity index (χ0) is 17.7. The molecule has 1 N–H and O–H groups in total. The molecule has 1 aliphatic rings. The van der Waals surface area contributed by atoms with E-state index < -0.39 is 9.84 Å². The molecule has 1 aromatic carbocycles. The number of nitrogens with zero attached hydrogens (tertiary/aromatic N) is 1. The first kappa shape index (κ1) is 18.8. The summed E-state index contributed by atoms with van der Waals surface area (Å²) in [6.45, 7) is 4.23. The van der Waals surface area contributed by atoms with Gasteiger partial charge in [-0.3, -0.25) is 9.69 Å². The number of hydrogen-bond donors (Lipinski definition) is 1. The molecular formula is C16H21ClN2O4S. The minimum atomic E-state index is -3.01. The first-order valence-electron chi connectivity index (χ1n) is 7.53. The van der Waals surface area contributed by atoms with Crippen molar-refractivity contribution in [1.29, 1.82) is 0 Å². The monoisotopic (exact) mass is 372 g/mol. The van der Waals surface area contributed by atoms with Gasteiger partial charge < -0.3 is 10.1 Å². The van der Waals surface area contributed by atoms with Crippen LogP contribution < -0.4 is 10.1 Å². The molecule has 24 heavy (non-hydrogen) atoms. The average molecular weight is 373 g/mol. The van der Waals surface area contributed by atoms with E-state index in [-0.39, 0.29) is 30.0 Å². The van der Waals surface area contributed by atoms with Gasteiger partial charge in [0, 0.05) is 24.3 Å². The molecule has 1 aliphatic heterocycles. The lowest BCUT2D eigenvalue weighted by atomic mass is 10.2. The molecule has 1 heterocycles. The van der Waals surface area contributed by atoms with E-state index in [4.69, 9.17) is 16.3 Å². The largest absolute Gasteiger partial charge is 0.495 e. The van der Waals surface area contributed by atoms with E-state index in [0.29, 0.717) is 29.4 Å². The highest BCUT2D eigenvalue weighted by atomic mass is 35.5. The third-order valence-electron chi connectivity index (χ3n) is 3.87. The molecule has 1 saturated heterocycles. The van der Waals surface area contributed by atoms with Crippen molar-refractivity contribution in [1.82, 2.24) is 4.90 Å². The standard InChI is InChI=1S/C16H21ClN2O4S/c1-3-7-19(13-6-8-24(21,22)11-13)10-16(20)18-12-4-5-14(17)15(9-12)23-2/h3-5,9,13H,1,6-8,10-11H2,2H3,(H,18,20)/t13-/m0/s1. The molecule has 1 atom stereocenters. The van der Waals surface area contributed by atoms with Gasteiger partial charge in [0.05, 0.1) is 30.2 Å². The van der Waals surface area contributed by atoms with E-state index in [9.17, 15) is 13.2 Å². The fraction of sp³-hybridized carbons (Fsp3) is 0.438. The number of amides is 1. The summed E-state index contributed by atoms with van der Waals surface area (Å²) in [6.07, 6.45) is 2.21. The molecule has 0 aromatic heterocycles. The molecular weight excluding hydrogens is 352 g/mol. The predicted molar refractivity (Wildman–Crippen MR) is 95.5 cm³/mol. The van der Waals surface area contributed by atoms with Crippen molar-refractivity contribution in [3.8, 4) is 5.75 Å². The average Bonchev–Trinajstić information content (AvgIpc) is 2.89. The van der Waals surface area contributed by atoms with Crippen LogP contribution in [0.25, 0.3) is 0 Å². The van der Waals surface area contributed by atoms with E-state index in [2.05, 4.69) is 11.9 Å². The highest BCUT2D eigenvalue weighted by molar-refractivity contribution is 7.91. The number of anilines is 1. The number of methoxy groups -OCH3 is 1. The van der Waals surface area contributed by atoms with Crippen LogP contribution in [0.3, 0.4) is 0 Å². The zero-order valence-electron chi connectivity index (χ0n) is 13.5. The third-order valence-corrected chi connectivity index (χ3v) is 5.93. The van der Waals surface area contributed by atoms with Crippen LogP contribution in [0.1, 0.15) is 6.42 Å². The Labute approximate surface area is 147 Å². The Morgan fingerprint density at radius 1 is 1.54 bits per heavy atom. The van der Waals surface area contributed by atoms with Crippen LogP contribution in [0.15, 0.2) is 30.9 Å². The lowest BCUT2D eigenvalue weighted by Gasteiger charge is -2.26. The van der Waals surface area contributed by atoms with Crippen LogP contribution in [0, 0.1) is 0 Å². The first-order valence-corrected chi connectivity index (χ1v) is 9.73. The summed E-state index contributed by atoms with van der Waals surface area (Å²) >= 11 is 5.96. The number of sulfone groups is 1. The summed E-state index contributed by atoms with van der Waals surface area (Å²) in [5.41, 5.74) is 0.568. The Balaban J connectivity index is 2.02. The number of benzene rings is 1. The molecule has 1 aromatic rings. The molecule has 0 bridgehead atoms. The second kappa shape index (κ2) is 8.00. The van der Waals surface area contributed by atoms with Gasteiger partial charge in [-0.1, -0.05) is 17.7 Å². The van der Waals surface area contributed by atoms with E-state index in [1.165, 1.54) is 7.11 Å². The Hall–Kier alpha value is -1.57. The van der Waals surface area contributed by atoms with Gasteiger partial charge in [-0.25, -0.2) is 8.42 Å². The quantitative estimate of drug-likeness (QED) is 0.740. The molecule has 0 spiro atoms. The number of carbonyl (C=O) groups is 1. The second-order valence-electron chi connectivity index (χ2n) is 5.67. The summed E-state index contributed by atoms with van der Waals surface area (Å²) in [4.78, 5) is 14.1. The molecule has 0 radical (unpaired) electrons. The summed E-state index contributed by atoms with van der Waals surface area (Å²) in [5.74, 6) is 0.495. The molecule has 1 fully saturated rings. The SMILES string of the molecule is C=CCN(CC(=O)Nc1ccc(Cl)c(OC)c1)[C@H]1CCS(=O)(=O)C1. The van der Waals surface area contributed by atoms with Crippen molar-refractivity contribution in [2.75, 3.05) is 37.0 Å². The van der Waals surface area contributed by atoms with Gasteiger partial charge in [0.15, 0.2) is 9.84 Å². The number of ether oxygens (including phenoxy) is 1. The van der Waals surface area contributed by atoms with Crippen LogP contribution in [0.5, 0.6) is 5.75 Å². The van der Waals surface area contributed by atoms with Gasteiger partial charge >= 0.3 is 0 Å². The van der Waals surface area contributed by atoms with Crippen LogP contribution >= 0.6 is 11.6 Å². The first-order chi connectivity index (χ1) is 11.3. The summed E-state index contributed by atoms with van der Waals surface area (Å²) in [5, 5.41) is 3.23. The Bertz CT molecular complexity index is 721. The fourth-order valence-electron chi connectivity index (χ4n) is 2.69. The Kier molecular flexibility index (Phi) is 6.26. The minimum Gasteiger partial charge on any atom is -0.495 e. The highest BCUT2D eigenvalue weighted by Gasteiger charge is 2.32. The Morgan fingerprint density at radius 2 is 2.29 bits per heavy atom. The number of nitrogens with one attached hydrogen (secondary N) is 1. The maximum absolute atomic E-state index is 12.3. The molecule has 0 saturated carbocycles. The van der Waals surface area contributed by atoms with Gasteiger partial charge in [-0.2, -0.15) is 0 Å². The lowest BCUT2D eigenvalue weighted by molar-refractivity contribution is -0.117. The highest BCUT2D eigenvalue weighted by Crippen LogP contribution is 2.27. The van der Waals surface area contributed by atoms with Crippen molar-refractivity contribution in [3.63, 3.8) is 0 Å². The molecule has 132 valence electrons. The fourth-order valence-corrected chi connectivity index (χ4v) is 4.65. The summed E-state index contributed by atoms with van der Waals surface area (Å²) < 4.78 is 28.4.